The highest BCUT2D eigenvalue weighted by molar-refractivity contribution is 6.30. The number of aryl methyl sites for hydroxylation is 1. The van der Waals surface area contributed by atoms with Crippen LogP contribution in [0.5, 0.6) is 0 Å². The predicted molar refractivity (Wildman–Crippen MR) is 143 cm³/mol. The molecule has 7 nitrogen and oxygen atoms in total. The summed E-state index contributed by atoms with van der Waals surface area (Å²) >= 11 is 5.97. The number of benzene rings is 2. The fourth-order valence-corrected chi connectivity index (χ4v) is 5.71. The van der Waals surface area contributed by atoms with Crippen LogP contribution in [0.3, 0.4) is 0 Å². The van der Waals surface area contributed by atoms with Crippen LogP contribution in [0.25, 0.3) is 11.2 Å². The van der Waals surface area contributed by atoms with Crippen LogP contribution in [0.15, 0.2) is 48.5 Å². The summed E-state index contributed by atoms with van der Waals surface area (Å²) < 4.78 is 0. The Morgan fingerprint density at radius 1 is 1.11 bits per heavy atom. The number of H-pyrrole nitrogens is 1. The average Bonchev–Trinajstić information content (AvgIpc) is 3.46. The zero-order valence-corrected chi connectivity index (χ0v) is 21.0. The predicted octanol–water partition coefficient (Wildman–Crippen LogP) is 5.31. The van der Waals surface area contributed by atoms with Crippen molar-refractivity contribution in [1.82, 2.24) is 19.9 Å². The molecule has 1 unspecified atom stereocenters. The van der Waals surface area contributed by atoms with Crippen LogP contribution < -0.4 is 11.1 Å². The number of aromatic amines is 1. The number of anilines is 2. The van der Waals surface area contributed by atoms with E-state index in [-0.39, 0.29) is 17.7 Å². The molecule has 0 spiro atoms. The van der Waals surface area contributed by atoms with E-state index in [1.54, 1.807) is 12.1 Å². The summed E-state index contributed by atoms with van der Waals surface area (Å²) in [6, 6.07) is 16.0. The van der Waals surface area contributed by atoms with Gasteiger partial charge in [0.2, 0.25) is 0 Å². The van der Waals surface area contributed by atoms with Crippen molar-refractivity contribution in [1.29, 1.82) is 0 Å². The minimum atomic E-state index is 0.0863. The Kier molecular flexibility index (Phi) is 5.90. The standard InChI is InChI=1S/C28H29ClN6O/c1-16-31-26-22(14-25(30)34-28(26)32-16)24-13-20-12-17(2-7-23(20)33-24)15-35-10-8-19(9-11-35)27(36)18-3-5-21(29)6-4-18/h2-7,12,14,19,24,33H,8-11,13,15H2,1H3,(H3,30,31,32,34). The van der Waals surface area contributed by atoms with Gasteiger partial charge in [0.05, 0.1) is 11.6 Å². The molecule has 8 heteroatoms. The van der Waals surface area contributed by atoms with Gasteiger partial charge in [-0.15, -0.1) is 0 Å². The van der Waals surface area contributed by atoms with Gasteiger partial charge in [0.15, 0.2) is 11.4 Å². The number of rotatable bonds is 5. The number of aromatic nitrogens is 3. The minimum Gasteiger partial charge on any atom is -0.384 e. The third kappa shape index (κ3) is 4.45. The number of nitrogen functional groups attached to an aromatic ring is 1. The number of Topliss-reactive ketones (excluding diaryl/α,β-unsaturated/α-hetero) is 1. The summed E-state index contributed by atoms with van der Waals surface area (Å²) in [5.74, 6) is 1.64. The molecule has 2 aliphatic rings. The minimum absolute atomic E-state index is 0.0863. The van der Waals surface area contributed by atoms with Crippen LogP contribution in [0.4, 0.5) is 11.5 Å². The van der Waals surface area contributed by atoms with Gasteiger partial charge in [0, 0.05) is 34.3 Å². The first-order valence-electron chi connectivity index (χ1n) is 12.5. The normalized spacial score (nSPS) is 18.3. The molecule has 0 bridgehead atoms. The molecular weight excluding hydrogens is 472 g/mol. The summed E-state index contributed by atoms with van der Waals surface area (Å²) in [6.07, 6.45) is 2.66. The van der Waals surface area contributed by atoms with Crippen molar-refractivity contribution in [3.05, 3.63) is 81.6 Å². The molecule has 184 valence electrons. The Morgan fingerprint density at radius 2 is 1.89 bits per heavy atom. The fraction of sp³-hybridized carbons (Fsp3) is 0.321. The Hall–Kier alpha value is -3.42. The second kappa shape index (κ2) is 9.22. The maximum atomic E-state index is 12.9. The largest absolute Gasteiger partial charge is 0.384 e. The number of pyridine rings is 1. The fourth-order valence-electron chi connectivity index (χ4n) is 5.59. The van der Waals surface area contributed by atoms with Crippen LogP contribution in [0.2, 0.25) is 5.02 Å². The third-order valence-electron chi connectivity index (χ3n) is 7.42. The maximum Gasteiger partial charge on any atom is 0.180 e. The summed E-state index contributed by atoms with van der Waals surface area (Å²) in [6.45, 7) is 4.68. The Balaban J connectivity index is 1.10. The van der Waals surface area contributed by atoms with E-state index < -0.39 is 0 Å². The lowest BCUT2D eigenvalue weighted by Crippen LogP contribution is -2.36. The highest BCUT2D eigenvalue weighted by Crippen LogP contribution is 2.37. The number of carbonyl (C=O) groups is 1. The second-order valence-corrected chi connectivity index (χ2v) is 10.4. The van der Waals surface area contributed by atoms with Crippen LogP contribution in [0.1, 0.15) is 51.8 Å². The number of carbonyl (C=O) groups excluding carboxylic acids is 1. The summed E-state index contributed by atoms with van der Waals surface area (Å²) in [5.41, 5.74) is 13.3. The number of nitrogens with one attached hydrogen (secondary N) is 2. The number of hydrogen-bond acceptors (Lipinski definition) is 6. The maximum absolute atomic E-state index is 12.9. The van der Waals surface area contributed by atoms with Gasteiger partial charge >= 0.3 is 0 Å². The first-order valence-corrected chi connectivity index (χ1v) is 12.8. The zero-order chi connectivity index (χ0) is 24.8. The third-order valence-corrected chi connectivity index (χ3v) is 7.67. The summed E-state index contributed by atoms with van der Waals surface area (Å²) in [7, 11) is 0. The average molecular weight is 501 g/mol. The molecule has 4 N–H and O–H groups in total. The molecule has 1 atom stereocenters. The number of piperidine rings is 1. The molecule has 0 aliphatic carbocycles. The van der Waals surface area contributed by atoms with E-state index in [4.69, 9.17) is 17.3 Å². The van der Waals surface area contributed by atoms with Crippen molar-refractivity contribution < 1.29 is 4.79 Å². The quantitative estimate of drug-likeness (QED) is 0.321. The summed E-state index contributed by atoms with van der Waals surface area (Å²) in [4.78, 5) is 27.5. The smallest absolute Gasteiger partial charge is 0.180 e. The molecule has 2 aromatic heterocycles. The van der Waals surface area contributed by atoms with E-state index in [1.807, 2.05) is 25.1 Å². The van der Waals surface area contributed by atoms with Crippen LogP contribution in [-0.2, 0) is 13.0 Å². The van der Waals surface area contributed by atoms with E-state index in [1.165, 1.54) is 11.1 Å². The molecule has 0 amide bonds. The number of halogens is 1. The highest BCUT2D eigenvalue weighted by Gasteiger charge is 2.28. The van der Waals surface area contributed by atoms with Gasteiger partial charge < -0.3 is 16.0 Å². The highest BCUT2D eigenvalue weighted by atomic mass is 35.5. The zero-order valence-electron chi connectivity index (χ0n) is 20.2. The lowest BCUT2D eigenvalue weighted by atomic mass is 9.88. The molecule has 1 fully saturated rings. The first-order chi connectivity index (χ1) is 17.4. The Morgan fingerprint density at radius 3 is 2.67 bits per heavy atom. The van der Waals surface area contributed by atoms with Gasteiger partial charge in [0.25, 0.3) is 0 Å². The van der Waals surface area contributed by atoms with Crippen LogP contribution >= 0.6 is 11.6 Å². The number of fused-ring (bicyclic) bond motifs is 2. The van der Waals surface area contributed by atoms with E-state index >= 15 is 0 Å². The lowest BCUT2D eigenvalue weighted by molar-refractivity contribution is 0.0835. The van der Waals surface area contributed by atoms with Crippen molar-refractivity contribution in [2.75, 3.05) is 24.1 Å². The van der Waals surface area contributed by atoms with Gasteiger partial charge in [-0.25, -0.2) is 9.97 Å². The second-order valence-electron chi connectivity index (χ2n) is 9.97. The van der Waals surface area contributed by atoms with Crippen molar-refractivity contribution >= 4 is 40.1 Å². The molecule has 2 aliphatic heterocycles. The lowest BCUT2D eigenvalue weighted by Gasteiger charge is -2.31. The van der Waals surface area contributed by atoms with E-state index in [0.717, 1.165) is 67.1 Å². The monoisotopic (exact) mass is 500 g/mol. The Bertz CT molecular complexity index is 1440. The number of imidazole rings is 1. The molecule has 4 heterocycles. The molecule has 0 radical (unpaired) electrons. The molecule has 36 heavy (non-hydrogen) atoms. The molecule has 6 rings (SSSR count). The van der Waals surface area contributed by atoms with E-state index in [2.05, 4.69) is 43.4 Å². The van der Waals surface area contributed by atoms with Crippen LogP contribution in [0, 0.1) is 12.8 Å². The van der Waals surface area contributed by atoms with Gasteiger partial charge in [-0.05, 0) is 86.8 Å². The van der Waals surface area contributed by atoms with Gasteiger partial charge in [0.1, 0.15) is 11.6 Å². The van der Waals surface area contributed by atoms with Crippen molar-refractivity contribution in [2.24, 2.45) is 5.92 Å². The number of likely N-dealkylation sites (tertiary alicyclic amines) is 1. The van der Waals surface area contributed by atoms with Crippen molar-refractivity contribution in [2.45, 2.75) is 38.8 Å². The van der Waals surface area contributed by atoms with E-state index in [0.29, 0.717) is 16.5 Å². The summed E-state index contributed by atoms with van der Waals surface area (Å²) in [5, 5.41) is 4.32. The van der Waals surface area contributed by atoms with E-state index in [9.17, 15) is 4.79 Å². The molecule has 0 saturated carbocycles. The van der Waals surface area contributed by atoms with Gasteiger partial charge in [-0.1, -0.05) is 23.7 Å². The number of nitrogens with zero attached hydrogens (tertiary/aromatic N) is 3. The molecular formula is C28H29ClN6O. The number of nitrogens with two attached hydrogens (primary N) is 1. The topological polar surface area (TPSA) is 99.9 Å². The SMILES string of the molecule is Cc1nc2nc(N)cc(C3Cc4cc(CN5CCC(C(=O)c6ccc(Cl)cc6)CC5)ccc4N3)c2[nH]1. The van der Waals surface area contributed by atoms with Gasteiger partial charge in [-0.2, -0.15) is 0 Å². The molecule has 4 aromatic rings. The number of ketones is 1. The first kappa shape index (κ1) is 23.0. The van der Waals surface area contributed by atoms with Crippen LogP contribution in [-0.4, -0.2) is 38.7 Å². The van der Waals surface area contributed by atoms with Gasteiger partial charge in [-0.3, -0.25) is 9.69 Å². The number of hydrogen-bond donors (Lipinski definition) is 3. The molecule has 2 aromatic carbocycles. The van der Waals surface area contributed by atoms with Crippen molar-refractivity contribution in [3.8, 4) is 0 Å². The Labute approximate surface area is 215 Å². The molecule has 1 saturated heterocycles. The van der Waals surface area contributed by atoms with Crippen molar-refractivity contribution in [3.63, 3.8) is 0 Å².